The maximum absolute atomic E-state index is 11.6. The molecule has 1 atom stereocenters. The molecule has 2 amide bonds. The molecule has 4 heteroatoms. The van der Waals surface area contributed by atoms with Crippen LogP contribution in [0.15, 0.2) is 0 Å². The van der Waals surface area contributed by atoms with Crippen molar-refractivity contribution in [3.63, 3.8) is 0 Å². The van der Waals surface area contributed by atoms with Gasteiger partial charge in [0.25, 0.3) is 0 Å². The van der Waals surface area contributed by atoms with Gasteiger partial charge in [0.15, 0.2) is 0 Å². The number of hydrogen-bond donors (Lipinski definition) is 1. The van der Waals surface area contributed by atoms with E-state index in [2.05, 4.69) is 17.1 Å². The average Bonchev–Trinajstić information content (AvgIpc) is 2.35. The zero-order valence-corrected chi connectivity index (χ0v) is 12.2. The molecule has 0 aromatic rings. The highest BCUT2D eigenvalue weighted by Crippen LogP contribution is 2.11. The Balaban J connectivity index is 2.21. The fraction of sp³-hybridized carbons (Fsp3) is 0.929. The zero-order chi connectivity index (χ0) is 13.4. The van der Waals surface area contributed by atoms with Gasteiger partial charge in [-0.2, -0.15) is 0 Å². The van der Waals surface area contributed by atoms with E-state index in [0.717, 1.165) is 13.0 Å². The molecule has 1 rings (SSSR count). The van der Waals surface area contributed by atoms with Crippen LogP contribution in [0.1, 0.15) is 45.4 Å². The third-order valence-corrected chi connectivity index (χ3v) is 3.57. The Hall–Kier alpha value is -0.770. The number of unbranched alkanes of at least 4 members (excludes halogenated alkanes) is 3. The molecule has 0 saturated carbocycles. The normalized spacial score (nSPS) is 20.7. The van der Waals surface area contributed by atoms with Crippen molar-refractivity contribution >= 4 is 6.03 Å². The van der Waals surface area contributed by atoms with Gasteiger partial charge in [0.1, 0.15) is 0 Å². The summed E-state index contributed by atoms with van der Waals surface area (Å²) in [5.74, 6) is 0. The van der Waals surface area contributed by atoms with Crippen LogP contribution in [0.5, 0.6) is 0 Å². The highest BCUT2D eigenvalue weighted by Gasteiger charge is 2.21. The first-order valence-electron chi connectivity index (χ1n) is 7.33. The molecule has 1 aliphatic heterocycles. The Bertz CT molecular complexity index is 243. The smallest absolute Gasteiger partial charge is 0.317 e. The Morgan fingerprint density at radius 1 is 1.33 bits per heavy atom. The van der Waals surface area contributed by atoms with Gasteiger partial charge in [0.2, 0.25) is 0 Å². The molecule has 106 valence electrons. The second-order valence-electron chi connectivity index (χ2n) is 5.54. The second kappa shape index (κ2) is 8.35. The lowest BCUT2D eigenvalue weighted by atomic mass is 10.1. The molecule has 1 saturated heterocycles. The highest BCUT2D eigenvalue weighted by atomic mass is 16.2. The molecule has 1 aliphatic rings. The van der Waals surface area contributed by atoms with E-state index in [4.69, 9.17) is 0 Å². The van der Waals surface area contributed by atoms with E-state index in [0.29, 0.717) is 6.04 Å². The Morgan fingerprint density at radius 2 is 2.11 bits per heavy atom. The van der Waals surface area contributed by atoms with Crippen molar-refractivity contribution in [2.45, 2.75) is 51.5 Å². The average molecular weight is 255 g/mol. The van der Waals surface area contributed by atoms with Crippen LogP contribution in [-0.4, -0.2) is 55.6 Å². The maximum atomic E-state index is 11.6. The van der Waals surface area contributed by atoms with Gasteiger partial charge in [0.05, 0.1) is 0 Å². The molecule has 0 aromatic carbocycles. The fourth-order valence-corrected chi connectivity index (χ4v) is 2.44. The fourth-order valence-electron chi connectivity index (χ4n) is 2.44. The first kappa shape index (κ1) is 15.3. The molecular formula is C14H29N3O. The standard InChI is InChI=1S/C14H29N3O/c1-4-5-6-7-10-17-11-8-9-13(12-17)15-14(18)16(2)3/h13H,4-12H2,1-3H3,(H,15,18)/t13-/m1/s1. The van der Waals surface area contributed by atoms with E-state index >= 15 is 0 Å². The van der Waals surface area contributed by atoms with E-state index in [1.54, 1.807) is 19.0 Å². The van der Waals surface area contributed by atoms with Gasteiger partial charge in [-0.15, -0.1) is 0 Å². The van der Waals surface area contributed by atoms with Crippen molar-refractivity contribution in [3.05, 3.63) is 0 Å². The molecule has 1 heterocycles. The van der Waals surface area contributed by atoms with Crippen LogP contribution in [0.2, 0.25) is 0 Å². The van der Waals surface area contributed by atoms with Crippen LogP contribution in [-0.2, 0) is 0 Å². The van der Waals surface area contributed by atoms with Gasteiger partial charge in [0, 0.05) is 26.7 Å². The predicted molar refractivity (Wildman–Crippen MR) is 75.8 cm³/mol. The summed E-state index contributed by atoms with van der Waals surface area (Å²) in [5.41, 5.74) is 0. The molecule has 0 unspecified atom stereocenters. The predicted octanol–water partition coefficient (Wildman–Crippen LogP) is 2.30. The molecule has 1 N–H and O–H groups in total. The van der Waals surface area contributed by atoms with Gasteiger partial charge in [-0.05, 0) is 32.4 Å². The number of urea groups is 1. The number of nitrogens with one attached hydrogen (secondary N) is 1. The Morgan fingerprint density at radius 3 is 2.78 bits per heavy atom. The molecular weight excluding hydrogens is 226 g/mol. The minimum Gasteiger partial charge on any atom is -0.334 e. The summed E-state index contributed by atoms with van der Waals surface area (Å²) in [6.45, 7) is 5.65. The van der Waals surface area contributed by atoms with Crippen molar-refractivity contribution in [1.29, 1.82) is 0 Å². The third kappa shape index (κ3) is 5.71. The molecule has 1 fully saturated rings. The zero-order valence-electron chi connectivity index (χ0n) is 12.2. The first-order chi connectivity index (χ1) is 8.63. The van der Waals surface area contributed by atoms with Crippen molar-refractivity contribution in [2.75, 3.05) is 33.7 Å². The second-order valence-corrected chi connectivity index (χ2v) is 5.54. The number of piperidine rings is 1. The minimum absolute atomic E-state index is 0.0350. The molecule has 0 bridgehead atoms. The van der Waals surface area contributed by atoms with Crippen molar-refractivity contribution in [1.82, 2.24) is 15.1 Å². The summed E-state index contributed by atoms with van der Waals surface area (Å²) in [5, 5.41) is 3.10. The van der Waals surface area contributed by atoms with E-state index in [1.165, 1.54) is 45.2 Å². The van der Waals surface area contributed by atoms with Crippen molar-refractivity contribution in [3.8, 4) is 0 Å². The summed E-state index contributed by atoms with van der Waals surface area (Å²) >= 11 is 0. The number of likely N-dealkylation sites (tertiary alicyclic amines) is 1. The maximum Gasteiger partial charge on any atom is 0.317 e. The van der Waals surface area contributed by atoms with Crippen LogP contribution in [0, 0.1) is 0 Å². The van der Waals surface area contributed by atoms with E-state index in [9.17, 15) is 4.79 Å². The van der Waals surface area contributed by atoms with Gasteiger partial charge >= 0.3 is 6.03 Å². The first-order valence-corrected chi connectivity index (χ1v) is 7.33. The lowest BCUT2D eigenvalue weighted by Crippen LogP contribution is -2.50. The number of carbonyl (C=O) groups excluding carboxylic acids is 1. The quantitative estimate of drug-likeness (QED) is 0.739. The van der Waals surface area contributed by atoms with E-state index < -0.39 is 0 Å². The van der Waals surface area contributed by atoms with Crippen LogP contribution in [0.4, 0.5) is 4.79 Å². The van der Waals surface area contributed by atoms with Crippen LogP contribution in [0.25, 0.3) is 0 Å². The van der Waals surface area contributed by atoms with Crippen molar-refractivity contribution in [2.24, 2.45) is 0 Å². The molecule has 0 spiro atoms. The van der Waals surface area contributed by atoms with Gasteiger partial charge in [-0.3, -0.25) is 0 Å². The van der Waals surface area contributed by atoms with Gasteiger partial charge < -0.3 is 15.1 Å². The SMILES string of the molecule is CCCCCCN1CCC[C@@H](NC(=O)N(C)C)C1. The molecule has 18 heavy (non-hydrogen) atoms. The monoisotopic (exact) mass is 255 g/mol. The third-order valence-electron chi connectivity index (χ3n) is 3.57. The minimum atomic E-state index is 0.0350. The highest BCUT2D eigenvalue weighted by molar-refractivity contribution is 5.73. The Labute approximate surface area is 112 Å². The molecule has 0 radical (unpaired) electrons. The molecule has 0 aromatic heterocycles. The number of hydrogen-bond acceptors (Lipinski definition) is 2. The molecule has 0 aliphatic carbocycles. The largest absolute Gasteiger partial charge is 0.334 e. The van der Waals surface area contributed by atoms with Gasteiger partial charge in [-0.25, -0.2) is 4.79 Å². The summed E-state index contributed by atoms with van der Waals surface area (Å²) in [7, 11) is 3.58. The van der Waals surface area contributed by atoms with Crippen LogP contribution in [0.3, 0.4) is 0 Å². The summed E-state index contributed by atoms with van der Waals surface area (Å²) in [6.07, 6.45) is 7.58. The van der Waals surface area contributed by atoms with Gasteiger partial charge in [-0.1, -0.05) is 26.2 Å². The Kier molecular flexibility index (Phi) is 7.09. The summed E-state index contributed by atoms with van der Waals surface area (Å²) in [4.78, 5) is 15.7. The summed E-state index contributed by atoms with van der Waals surface area (Å²) < 4.78 is 0. The lowest BCUT2D eigenvalue weighted by Gasteiger charge is -2.33. The van der Waals surface area contributed by atoms with E-state index in [-0.39, 0.29) is 6.03 Å². The van der Waals surface area contributed by atoms with Crippen LogP contribution < -0.4 is 5.32 Å². The topological polar surface area (TPSA) is 35.6 Å². The number of carbonyl (C=O) groups is 1. The lowest BCUT2D eigenvalue weighted by molar-refractivity contribution is 0.174. The van der Waals surface area contributed by atoms with E-state index in [1.807, 2.05) is 0 Å². The summed E-state index contributed by atoms with van der Waals surface area (Å²) in [6, 6.07) is 0.368. The number of amides is 2. The van der Waals surface area contributed by atoms with Crippen LogP contribution >= 0.6 is 0 Å². The molecule has 4 nitrogen and oxygen atoms in total. The number of nitrogens with zero attached hydrogens (tertiary/aromatic N) is 2. The van der Waals surface area contributed by atoms with Crippen molar-refractivity contribution < 1.29 is 4.79 Å². The number of rotatable bonds is 6.